The van der Waals surface area contributed by atoms with Crippen molar-refractivity contribution >= 4 is 22.8 Å². The third-order valence-corrected chi connectivity index (χ3v) is 2.94. The summed E-state index contributed by atoms with van der Waals surface area (Å²) in [7, 11) is 1.92. The molecule has 2 heterocycles. The maximum atomic E-state index is 12.1. The normalized spacial score (nSPS) is 10.8. The maximum Gasteiger partial charge on any atom is 0.256 e. The van der Waals surface area contributed by atoms with E-state index >= 15 is 0 Å². The van der Waals surface area contributed by atoms with Crippen LogP contribution < -0.4 is 5.32 Å². The molecule has 0 bridgehead atoms. The lowest BCUT2D eigenvalue weighted by atomic mass is 10.2. The molecule has 3 rings (SSSR count). The van der Waals surface area contributed by atoms with Crippen molar-refractivity contribution in [1.82, 2.24) is 19.7 Å². The van der Waals surface area contributed by atoms with E-state index in [0.717, 1.165) is 16.7 Å². The summed E-state index contributed by atoms with van der Waals surface area (Å²) in [5, 5.41) is 9.48. The van der Waals surface area contributed by atoms with Gasteiger partial charge < -0.3 is 9.88 Å². The fourth-order valence-corrected chi connectivity index (χ4v) is 1.95. The molecule has 6 nitrogen and oxygen atoms in total. The molecule has 3 aromatic rings. The molecule has 0 atom stereocenters. The second-order valence-electron chi connectivity index (χ2n) is 4.45. The average molecular weight is 255 g/mol. The van der Waals surface area contributed by atoms with Crippen molar-refractivity contribution in [2.45, 2.75) is 6.92 Å². The highest BCUT2D eigenvalue weighted by molar-refractivity contribution is 6.05. The number of benzene rings is 1. The standard InChI is InChI=1S/C13H13N5O/c1-8-5-12(17-16-8)15-13(19)9-3-4-11-10(6-9)14-7-18(11)2/h3-7H,1-2H3,(H2,15,16,17,19). The maximum absolute atomic E-state index is 12.1. The van der Waals surface area contributed by atoms with Crippen LogP contribution in [0, 0.1) is 6.92 Å². The van der Waals surface area contributed by atoms with Gasteiger partial charge in [0, 0.05) is 24.4 Å². The summed E-state index contributed by atoms with van der Waals surface area (Å²) in [6.45, 7) is 1.88. The molecule has 0 unspecified atom stereocenters. The number of nitrogens with zero attached hydrogens (tertiary/aromatic N) is 3. The zero-order valence-electron chi connectivity index (χ0n) is 10.6. The van der Waals surface area contributed by atoms with Gasteiger partial charge in [0.1, 0.15) is 0 Å². The Balaban J connectivity index is 1.89. The minimum atomic E-state index is -0.195. The van der Waals surface area contributed by atoms with Crippen LogP contribution in [0.1, 0.15) is 16.1 Å². The van der Waals surface area contributed by atoms with Gasteiger partial charge in [-0.05, 0) is 25.1 Å². The summed E-state index contributed by atoms with van der Waals surface area (Å²) in [5.74, 6) is 0.322. The number of rotatable bonds is 2. The number of aromatic amines is 1. The Morgan fingerprint density at radius 3 is 2.95 bits per heavy atom. The molecule has 0 aliphatic rings. The van der Waals surface area contributed by atoms with Gasteiger partial charge in [0.2, 0.25) is 0 Å². The molecule has 2 aromatic heterocycles. The first-order valence-electron chi connectivity index (χ1n) is 5.88. The number of fused-ring (bicyclic) bond motifs is 1. The quantitative estimate of drug-likeness (QED) is 0.733. The van der Waals surface area contributed by atoms with Crippen molar-refractivity contribution in [2.75, 3.05) is 5.32 Å². The fourth-order valence-electron chi connectivity index (χ4n) is 1.95. The number of hydrogen-bond donors (Lipinski definition) is 2. The number of imidazole rings is 1. The average Bonchev–Trinajstić information content (AvgIpc) is 2.96. The van der Waals surface area contributed by atoms with Crippen molar-refractivity contribution in [3.8, 4) is 0 Å². The second-order valence-corrected chi connectivity index (χ2v) is 4.45. The van der Waals surface area contributed by atoms with E-state index in [-0.39, 0.29) is 5.91 Å². The van der Waals surface area contributed by atoms with Gasteiger partial charge in [-0.15, -0.1) is 0 Å². The number of hydrogen-bond acceptors (Lipinski definition) is 3. The number of nitrogens with one attached hydrogen (secondary N) is 2. The summed E-state index contributed by atoms with van der Waals surface area (Å²) < 4.78 is 1.91. The van der Waals surface area contributed by atoms with Crippen LogP contribution in [-0.2, 0) is 7.05 Å². The summed E-state index contributed by atoms with van der Waals surface area (Å²) in [4.78, 5) is 16.3. The third kappa shape index (κ3) is 2.08. The molecule has 0 fully saturated rings. The summed E-state index contributed by atoms with van der Waals surface area (Å²) in [6, 6.07) is 7.20. The first-order valence-corrected chi connectivity index (χ1v) is 5.88. The molecule has 0 aliphatic carbocycles. The zero-order valence-corrected chi connectivity index (χ0v) is 10.6. The predicted molar refractivity (Wildman–Crippen MR) is 72.0 cm³/mol. The van der Waals surface area contributed by atoms with Crippen LogP contribution in [0.3, 0.4) is 0 Å². The topological polar surface area (TPSA) is 75.6 Å². The SMILES string of the molecule is Cc1cc(NC(=O)c2ccc3c(c2)ncn3C)n[nH]1. The third-order valence-electron chi connectivity index (χ3n) is 2.94. The van der Waals surface area contributed by atoms with E-state index in [1.165, 1.54) is 0 Å². The lowest BCUT2D eigenvalue weighted by Crippen LogP contribution is -2.12. The van der Waals surface area contributed by atoms with Crippen LogP contribution in [-0.4, -0.2) is 25.7 Å². The minimum absolute atomic E-state index is 0.195. The highest BCUT2D eigenvalue weighted by Crippen LogP contribution is 2.15. The molecule has 0 spiro atoms. The smallest absolute Gasteiger partial charge is 0.256 e. The Hall–Kier alpha value is -2.63. The minimum Gasteiger partial charge on any atom is -0.334 e. The summed E-state index contributed by atoms with van der Waals surface area (Å²) in [5.41, 5.74) is 3.25. The Labute approximate surface area is 109 Å². The van der Waals surface area contributed by atoms with Crippen LogP contribution in [0.5, 0.6) is 0 Å². The van der Waals surface area contributed by atoms with Crippen molar-refractivity contribution in [3.05, 3.63) is 41.9 Å². The predicted octanol–water partition coefficient (Wildman–Crippen LogP) is 1.86. The first-order chi connectivity index (χ1) is 9.13. The molecule has 0 radical (unpaired) electrons. The van der Waals surface area contributed by atoms with E-state index in [1.54, 1.807) is 24.5 Å². The number of aryl methyl sites for hydroxylation is 2. The van der Waals surface area contributed by atoms with Crippen LogP contribution in [0.25, 0.3) is 11.0 Å². The van der Waals surface area contributed by atoms with Gasteiger partial charge in [-0.1, -0.05) is 0 Å². The van der Waals surface area contributed by atoms with Crippen LogP contribution in [0.2, 0.25) is 0 Å². The highest BCUT2D eigenvalue weighted by Gasteiger charge is 2.10. The largest absolute Gasteiger partial charge is 0.334 e. The molecule has 0 saturated heterocycles. The van der Waals surface area contributed by atoms with Gasteiger partial charge in [0.25, 0.3) is 5.91 Å². The highest BCUT2D eigenvalue weighted by atomic mass is 16.1. The van der Waals surface area contributed by atoms with Crippen molar-refractivity contribution in [3.63, 3.8) is 0 Å². The Morgan fingerprint density at radius 2 is 2.21 bits per heavy atom. The number of anilines is 1. The fraction of sp³-hybridized carbons (Fsp3) is 0.154. The van der Waals surface area contributed by atoms with Crippen LogP contribution >= 0.6 is 0 Å². The Morgan fingerprint density at radius 1 is 1.37 bits per heavy atom. The molecule has 1 amide bonds. The van der Waals surface area contributed by atoms with E-state index in [9.17, 15) is 4.79 Å². The van der Waals surface area contributed by atoms with Crippen molar-refractivity contribution in [1.29, 1.82) is 0 Å². The van der Waals surface area contributed by atoms with Crippen LogP contribution in [0.15, 0.2) is 30.6 Å². The number of carbonyl (C=O) groups excluding carboxylic acids is 1. The van der Waals surface area contributed by atoms with Gasteiger partial charge in [-0.25, -0.2) is 4.98 Å². The van der Waals surface area contributed by atoms with Gasteiger partial charge in [0.05, 0.1) is 17.4 Å². The van der Waals surface area contributed by atoms with E-state index in [2.05, 4.69) is 20.5 Å². The molecular formula is C13H13N5O. The van der Waals surface area contributed by atoms with Gasteiger partial charge >= 0.3 is 0 Å². The lowest BCUT2D eigenvalue weighted by Gasteiger charge is -2.02. The van der Waals surface area contributed by atoms with Crippen molar-refractivity contribution < 1.29 is 4.79 Å². The molecule has 96 valence electrons. The van der Waals surface area contributed by atoms with Crippen LogP contribution in [0.4, 0.5) is 5.82 Å². The van der Waals surface area contributed by atoms with E-state index < -0.39 is 0 Å². The first kappa shape index (κ1) is 11.5. The van der Waals surface area contributed by atoms with Gasteiger partial charge in [-0.3, -0.25) is 9.89 Å². The Bertz CT molecular complexity index is 755. The summed E-state index contributed by atoms with van der Waals surface area (Å²) >= 11 is 0. The number of carbonyl (C=O) groups is 1. The van der Waals surface area contributed by atoms with Gasteiger partial charge in [0.15, 0.2) is 5.82 Å². The van der Waals surface area contributed by atoms with Crippen molar-refractivity contribution in [2.24, 2.45) is 7.05 Å². The number of H-pyrrole nitrogens is 1. The molecule has 0 saturated carbocycles. The zero-order chi connectivity index (χ0) is 13.4. The lowest BCUT2D eigenvalue weighted by molar-refractivity contribution is 0.102. The van der Waals surface area contributed by atoms with E-state index in [0.29, 0.717) is 11.4 Å². The number of aromatic nitrogens is 4. The van der Waals surface area contributed by atoms with E-state index in [4.69, 9.17) is 0 Å². The second kappa shape index (κ2) is 4.24. The molecule has 0 aliphatic heterocycles. The monoisotopic (exact) mass is 255 g/mol. The Kier molecular flexibility index (Phi) is 2.56. The number of amides is 1. The molecule has 1 aromatic carbocycles. The van der Waals surface area contributed by atoms with E-state index in [1.807, 2.05) is 24.6 Å². The molecule has 19 heavy (non-hydrogen) atoms. The summed E-state index contributed by atoms with van der Waals surface area (Å²) in [6.07, 6.45) is 1.73. The molecule has 6 heteroatoms. The molecule has 2 N–H and O–H groups in total. The van der Waals surface area contributed by atoms with Gasteiger partial charge in [-0.2, -0.15) is 5.10 Å². The molecular weight excluding hydrogens is 242 g/mol.